The second-order valence-corrected chi connectivity index (χ2v) is 10.9. The number of amides is 1. The van der Waals surface area contributed by atoms with Crippen LogP contribution in [0.3, 0.4) is 0 Å². The van der Waals surface area contributed by atoms with Gasteiger partial charge in [-0.3, -0.25) is 0 Å². The highest BCUT2D eigenvalue weighted by Gasteiger charge is 2.37. The molecule has 0 aromatic heterocycles. The summed E-state index contributed by atoms with van der Waals surface area (Å²) in [6, 6.07) is 11.9. The number of fused-ring (bicyclic) bond motifs is 1. The van der Waals surface area contributed by atoms with E-state index in [1.54, 1.807) is 57.2 Å². The molecule has 2 aromatic carbocycles. The van der Waals surface area contributed by atoms with Crippen LogP contribution in [0.1, 0.15) is 33.6 Å². The fourth-order valence-corrected chi connectivity index (χ4v) is 5.27. The van der Waals surface area contributed by atoms with E-state index in [9.17, 15) is 13.2 Å². The van der Waals surface area contributed by atoms with Crippen LogP contribution in [0.2, 0.25) is 5.02 Å². The van der Waals surface area contributed by atoms with E-state index in [4.69, 9.17) is 21.6 Å². The number of rotatable bonds is 4. The highest BCUT2D eigenvalue weighted by Crippen LogP contribution is 2.27. The summed E-state index contributed by atoms with van der Waals surface area (Å²) in [5.74, 6) is 0. The van der Waals surface area contributed by atoms with Gasteiger partial charge in [-0.25, -0.2) is 13.2 Å². The van der Waals surface area contributed by atoms with E-state index in [1.165, 1.54) is 9.21 Å². The van der Waals surface area contributed by atoms with Crippen LogP contribution < -0.4 is 0 Å². The van der Waals surface area contributed by atoms with E-state index >= 15 is 0 Å². The van der Waals surface area contributed by atoms with Crippen molar-refractivity contribution < 1.29 is 17.9 Å². The third-order valence-electron chi connectivity index (χ3n) is 5.07. The van der Waals surface area contributed by atoms with E-state index < -0.39 is 27.8 Å². The molecule has 1 amide bonds. The molecule has 2 aromatic rings. The lowest BCUT2D eigenvalue weighted by molar-refractivity contribution is 0.00524. The number of carbonyl (C=O) groups is 1. The lowest BCUT2D eigenvalue weighted by atomic mass is 10.1. The summed E-state index contributed by atoms with van der Waals surface area (Å²) in [5, 5.41) is 11.2. The second-order valence-electron chi connectivity index (χ2n) is 8.54. The number of sulfonamides is 1. The molecule has 1 aliphatic rings. The number of piperazine rings is 1. The zero-order valence-corrected chi connectivity index (χ0v) is 19.4. The van der Waals surface area contributed by atoms with Gasteiger partial charge in [-0.05, 0) is 62.2 Å². The Morgan fingerprint density at radius 1 is 1.19 bits per heavy atom. The van der Waals surface area contributed by atoms with Crippen molar-refractivity contribution in [1.82, 2.24) is 9.21 Å². The Labute approximate surface area is 188 Å². The molecule has 1 unspecified atom stereocenters. The van der Waals surface area contributed by atoms with Crippen LogP contribution >= 0.6 is 11.6 Å². The highest BCUT2D eigenvalue weighted by molar-refractivity contribution is 7.89. The van der Waals surface area contributed by atoms with E-state index in [2.05, 4.69) is 6.07 Å². The number of hydrogen-bond donors (Lipinski definition) is 0. The van der Waals surface area contributed by atoms with Crippen molar-refractivity contribution in [2.75, 3.05) is 19.6 Å². The molecule has 31 heavy (non-hydrogen) atoms. The Bertz CT molecular complexity index is 1120. The number of halogens is 1. The van der Waals surface area contributed by atoms with Crippen LogP contribution in [0.5, 0.6) is 0 Å². The smallest absolute Gasteiger partial charge is 0.410 e. The molecule has 1 fully saturated rings. The minimum absolute atomic E-state index is 0.113. The minimum atomic E-state index is -3.77. The quantitative estimate of drug-likeness (QED) is 0.669. The normalized spacial score (nSPS) is 18.0. The topological polar surface area (TPSA) is 90.7 Å². The molecule has 0 saturated carbocycles. The van der Waals surface area contributed by atoms with Gasteiger partial charge in [-0.15, -0.1) is 0 Å². The maximum Gasteiger partial charge on any atom is 0.410 e. The Balaban J connectivity index is 1.85. The van der Waals surface area contributed by atoms with Crippen molar-refractivity contribution in [1.29, 1.82) is 5.26 Å². The number of ether oxygens (including phenoxy) is 1. The first kappa shape index (κ1) is 23.3. The van der Waals surface area contributed by atoms with E-state index in [-0.39, 0.29) is 31.0 Å². The fraction of sp³-hybridized carbons (Fsp3) is 0.455. The first-order chi connectivity index (χ1) is 14.5. The van der Waals surface area contributed by atoms with E-state index in [0.717, 1.165) is 10.8 Å². The Morgan fingerprint density at radius 3 is 2.55 bits per heavy atom. The highest BCUT2D eigenvalue weighted by atomic mass is 35.5. The first-order valence-corrected chi connectivity index (χ1v) is 11.9. The molecular weight excluding hydrogens is 438 g/mol. The zero-order valence-electron chi connectivity index (χ0n) is 17.8. The van der Waals surface area contributed by atoms with Gasteiger partial charge >= 0.3 is 6.09 Å². The van der Waals surface area contributed by atoms with Crippen molar-refractivity contribution in [3.05, 3.63) is 41.4 Å². The van der Waals surface area contributed by atoms with Crippen LogP contribution in [0, 0.1) is 11.3 Å². The van der Waals surface area contributed by atoms with E-state index in [1.807, 2.05) is 0 Å². The average molecular weight is 464 g/mol. The molecule has 166 valence electrons. The maximum atomic E-state index is 13.3. The summed E-state index contributed by atoms with van der Waals surface area (Å²) in [6.07, 6.45) is 0.0992. The van der Waals surface area contributed by atoms with Gasteiger partial charge in [0.2, 0.25) is 10.0 Å². The predicted octanol–water partition coefficient (Wildman–Crippen LogP) is 4.41. The molecular formula is C22H26ClN3O4S. The van der Waals surface area contributed by atoms with Gasteiger partial charge in [0.1, 0.15) is 5.60 Å². The summed E-state index contributed by atoms with van der Waals surface area (Å²) in [7, 11) is -3.77. The van der Waals surface area contributed by atoms with Gasteiger partial charge in [0, 0.05) is 37.1 Å². The number of hydrogen-bond acceptors (Lipinski definition) is 5. The summed E-state index contributed by atoms with van der Waals surface area (Å²) in [6.45, 7) is 5.81. The average Bonchev–Trinajstić information content (AvgIpc) is 2.70. The number of nitriles is 1. The van der Waals surface area contributed by atoms with Crippen LogP contribution in [-0.4, -0.2) is 55.0 Å². The van der Waals surface area contributed by atoms with Crippen LogP contribution in [0.25, 0.3) is 10.8 Å². The summed E-state index contributed by atoms with van der Waals surface area (Å²) in [5.41, 5.74) is -0.659. The van der Waals surface area contributed by atoms with Gasteiger partial charge in [-0.2, -0.15) is 9.57 Å². The lowest BCUT2D eigenvalue weighted by Gasteiger charge is -2.41. The first-order valence-electron chi connectivity index (χ1n) is 10.1. The molecule has 0 bridgehead atoms. The Morgan fingerprint density at radius 2 is 1.87 bits per heavy atom. The van der Waals surface area contributed by atoms with Crippen LogP contribution in [-0.2, 0) is 14.8 Å². The number of carbonyl (C=O) groups excluding carboxylic acids is 1. The fourth-order valence-electron chi connectivity index (χ4n) is 3.59. The second kappa shape index (κ2) is 9.03. The van der Waals surface area contributed by atoms with Crippen molar-refractivity contribution in [3.63, 3.8) is 0 Å². The predicted molar refractivity (Wildman–Crippen MR) is 119 cm³/mol. The van der Waals surface area contributed by atoms with Crippen molar-refractivity contribution in [3.8, 4) is 6.07 Å². The maximum absolute atomic E-state index is 13.3. The van der Waals surface area contributed by atoms with Gasteiger partial charge < -0.3 is 9.64 Å². The molecule has 3 rings (SSSR count). The Hall–Kier alpha value is -2.34. The summed E-state index contributed by atoms with van der Waals surface area (Å²) in [4.78, 5) is 14.4. The number of nitrogens with zero attached hydrogens (tertiary/aromatic N) is 3. The Kier molecular flexibility index (Phi) is 6.79. The molecule has 9 heteroatoms. The molecule has 7 nitrogen and oxygen atoms in total. The SMILES string of the molecule is CC(C)(C)OC(=O)N1CCN(S(=O)(=O)c2ccc3cc(Cl)ccc3c2)CC1CCC#N. The molecule has 0 N–H and O–H groups in total. The molecule has 0 aliphatic carbocycles. The monoisotopic (exact) mass is 463 g/mol. The van der Waals surface area contributed by atoms with Crippen molar-refractivity contribution >= 4 is 38.5 Å². The van der Waals surface area contributed by atoms with Crippen LogP contribution in [0.15, 0.2) is 41.3 Å². The van der Waals surface area contributed by atoms with Gasteiger partial charge in [0.25, 0.3) is 0 Å². The third-order valence-corrected chi connectivity index (χ3v) is 7.17. The van der Waals surface area contributed by atoms with Gasteiger partial charge in [0.05, 0.1) is 11.0 Å². The van der Waals surface area contributed by atoms with Gasteiger partial charge in [-0.1, -0.05) is 23.7 Å². The van der Waals surface area contributed by atoms with Crippen molar-refractivity contribution in [2.45, 2.75) is 50.2 Å². The van der Waals surface area contributed by atoms with Gasteiger partial charge in [0.15, 0.2) is 0 Å². The molecule has 0 spiro atoms. The molecule has 1 atom stereocenters. The summed E-state index contributed by atoms with van der Waals surface area (Å²) >= 11 is 6.02. The molecule has 0 radical (unpaired) electrons. The third kappa shape index (κ3) is 5.48. The zero-order chi connectivity index (χ0) is 22.8. The van der Waals surface area contributed by atoms with Crippen molar-refractivity contribution in [2.24, 2.45) is 0 Å². The molecule has 1 aliphatic heterocycles. The summed E-state index contributed by atoms with van der Waals surface area (Å²) < 4.78 is 33.5. The number of benzene rings is 2. The van der Waals surface area contributed by atoms with E-state index in [0.29, 0.717) is 11.4 Å². The molecule has 1 saturated heterocycles. The standard InChI is InChI=1S/C22H26ClN3O4S/c1-22(2,3)30-21(27)26-12-11-25(15-19(26)5-4-10-24)31(28,29)20-9-7-16-13-18(23)8-6-17(16)14-20/h6-9,13-14,19H,4-5,11-12,15H2,1-3H3. The lowest BCUT2D eigenvalue weighted by Crippen LogP contribution is -2.57. The molecule has 1 heterocycles. The van der Waals surface area contributed by atoms with Crippen LogP contribution in [0.4, 0.5) is 4.79 Å². The largest absolute Gasteiger partial charge is 0.444 e. The minimum Gasteiger partial charge on any atom is -0.444 e.